The van der Waals surface area contributed by atoms with E-state index in [-0.39, 0.29) is 0 Å². The monoisotopic (exact) mass is 295 g/mol. The van der Waals surface area contributed by atoms with E-state index in [1.165, 1.54) is 17.2 Å². The number of rotatable bonds is 6. The lowest BCUT2D eigenvalue weighted by Gasteiger charge is -2.08. The van der Waals surface area contributed by atoms with E-state index in [1.807, 2.05) is 18.3 Å². The highest BCUT2D eigenvalue weighted by atomic mass is 32.2. The van der Waals surface area contributed by atoms with Gasteiger partial charge in [-0.05, 0) is 43.8 Å². The molecule has 0 aliphatic carbocycles. The summed E-state index contributed by atoms with van der Waals surface area (Å²) in [6, 6.07) is 5.98. The number of hydrogen-bond acceptors (Lipinski definition) is 3. The molecule has 6 heteroatoms. The molecule has 0 aliphatic heterocycles. The molecule has 1 aromatic carbocycles. The first-order valence-corrected chi connectivity index (χ1v) is 8.42. The number of likely N-dealkylation sites (N-methyl/N-ethyl adjacent to an activating group) is 1. The third-order valence-electron chi connectivity index (χ3n) is 3.20. The van der Waals surface area contributed by atoms with Gasteiger partial charge in [0.1, 0.15) is 0 Å². The number of aromatic amines is 1. The van der Waals surface area contributed by atoms with Gasteiger partial charge in [0.15, 0.2) is 0 Å². The maximum Gasteiger partial charge on any atom is 0.209 e. The highest BCUT2D eigenvalue weighted by molar-refractivity contribution is 7.88. The fraction of sp³-hybridized carbons (Fsp3) is 0.429. The first-order chi connectivity index (χ1) is 9.35. The number of hydrogen-bond donors (Lipinski definition) is 2. The summed E-state index contributed by atoms with van der Waals surface area (Å²) in [6.07, 6.45) is 4.17. The van der Waals surface area contributed by atoms with Crippen LogP contribution >= 0.6 is 0 Å². The van der Waals surface area contributed by atoms with Crippen molar-refractivity contribution >= 4 is 20.9 Å². The second-order valence-corrected chi connectivity index (χ2v) is 7.17. The molecule has 0 fully saturated rings. The Balaban J connectivity index is 2.20. The van der Waals surface area contributed by atoms with E-state index < -0.39 is 10.0 Å². The SMILES string of the molecule is CN(C)CCc1c[nH]c2ccc(CNS(C)(=O)=O)cc12. The average Bonchev–Trinajstić information content (AvgIpc) is 2.75. The summed E-state index contributed by atoms with van der Waals surface area (Å²) in [7, 11) is 0.945. The van der Waals surface area contributed by atoms with Crippen molar-refractivity contribution in [1.29, 1.82) is 0 Å². The number of benzene rings is 1. The summed E-state index contributed by atoms with van der Waals surface area (Å²) in [5, 5.41) is 1.17. The standard InChI is InChI=1S/C14H21N3O2S/c1-17(2)7-6-12-10-15-14-5-4-11(8-13(12)14)9-16-20(3,18)19/h4-5,8,10,15-16H,6-7,9H2,1-3H3. The number of aromatic nitrogens is 1. The van der Waals surface area contributed by atoms with Crippen LogP contribution in [0.25, 0.3) is 10.9 Å². The lowest BCUT2D eigenvalue weighted by atomic mass is 10.1. The molecule has 1 heterocycles. The highest BCUT2D eigenvalue weighted by Gasteiger charge is 2.07. The molecule has 0 saturated heterocycles. The Hall–Kier alpha value is -1.37. The maximum absolute atomic E-state index is 11.1. The Morgan fingerprint density at radius 1 is 1.30 bits per heavy atom. The van der Waals surface area contributed by atoms with Gasteiger partial charge in [-0.3, -0.25) is 0 Å². The Morgan fingerprint density at radius 3 is 2.70 bits per heavy atom. The van der Waals surface area contributed by atoms with E-state index in [0.717, 1.165) is 24.0 Å². The summed E-state index contributed by atoms with van der Waals surface area (Å²) in [5.41, 5.74) is 3.31. The molecule has 2 rings (SSSR count). The van der Waals surface area contributed by atoms with Crippen molar-refractivity contribution in [3.05, 3.63) is 35.5 Å². The molecule has 0 spiro atoms. The zero-order valence-electron chi connectivity index (χ0n) is 12.1. The predicted octanol–water partition coefficient (Wildman–Crippen LogP) is 1.32. The zero-order chi connectivity index (χ0) is 14.8. The molecule has 1 aromatic heterocycles. The Kier molecular flexibility index (Phi) is 4.47. The van der Waals surface area contributed by atoms with E-state index in [9.17, 15) is 8.42 Å². The number of fused-ring (bicyclic) bond motifs is 1. The number of nitrogens with one attached hydrogen (secondary N) is 2. The summed E-state index contributed by atoms with van der Waals surface area (Å²) < 4.78 is 24.8. The molecule has 20 heavy (non-hydrogen) atoms. The third-order valence-corrected chi connectivity index (χ3v) is 3.87. The van der Waals surface area contributed by atoms with Gasteiger partial charge in [0.25, 0.3) is 0 Å². The van der Waals surface area contributed by atoms with Gasteiger partial charge in [-0.1, -0.05) is 6.07 Å². The molecule has 110 valence electrons. The summed E-state index contributed by atoms with van der Waals surface area (Å²) >= 11 is 0. The molecule has 0 aliphatic rings. The normalized spacial score (nSPS) is 12.4. The van der Waals surface area contributed by atoms with Gasteiger partial charge < -0.3 is 9.88 Å². The second-order valence-electron chi connectivity index (χ2n) is 5.34. The van der Waals surface area contributed by atoms with Crippen molar-refractivity contribution in [2.75, 3.05) is 26.9 Å². The van der Waals surface area contributed by atoms with Crippen LogP contribution in [0.2, 0.25) is 0 Å². The van der Waals surface area contributed by atoms with Crippen molar-refractivity contribution in [2.24, 2.45) is 0 Å². The maximum atomic E-state index is 11.1. The van der Waals surface area contributed by atoms with Gasteiger partial charge in [-0.2, -0.15) is 0 Å². The van der Waals surface area contributed by atoms with Crippen LogP contribution < -0.4 is 4.72 Å². The molecule has 5 nitrogen and oxygen atoms in total. The highest BCUT2D eigenvalue weighted by Crippen LogP contribution is 2.20. The number of H-pyrrole nitrogens is 1. The van der Waals surface area contributed by atoms with Crippen LogP contribution in [0.5, 0.6) is 0 Å². The van der Waals surface area contributed by atoms with Gasteiger partial charge in [-0.25, -0.2) is 13.1 Å². The van der Waals surface area contributed by atoms with Gasteiger partial charge >= 0.3 is 0 Å². The zero-order valence-corrected chi connectivity index (χ0v) is 12.9. The Labute approximate surface area is 120 Å². The molecule has 0 saturated carbocycles. The van der Waals surface area contributed by atoms with Crippen LogP contribution in [0.4, 0.5) is 0 Å². The van der Waals surface area contributed by atoms with Crippen molar-refractivity contribution in [3.8, 4) is 0 Å². The predicted molar refractivity (Wildman–Crippen MR) is 82.2 cm³/mol. The van der Waals surface area contributed by atoms with Crippen LogP contribution in [0.1, 0.15) is 11.1 Å². The lowest BCUT2D eigenvalue weighted by molar-refractivity contribution is 0.414. The fourth-order valence-corrected chi connectivity index (χ4v) is 2.53. The Morgan fingerprint density at radius 2 is 2.05 bits per heavy atom. The molecule has 0 atom stereocenters. The molecule has 0 radical (unpaired) electrons. The van der Waals surface area contributed by atoms with Gasteiger partial charge in [-0.15, -0.1) is 0 Å². The lowest BCUT2D eigenvalue weighted by Crippen LogP contribution is -2.21. The van der Waals surface area contributed by atoms with Gasteiger partial charge in [0.05, 0.1) is 6.26 Å². The van der Waals surface area contributed by atoms with Crippen LogP contribution in [0.15, 0.2) is 24.4 Å². The minimum atomic E-state index is -3.16. The van der Waals surface area contributed by atoms with E-state index >= 15 is 0 Å². The van der Waals surface area contributed by atoms with Crippen LogP contribution in [0.3, 0.4) is 0 Å². The van der Waals surface area contributed by atoms with Crippen LogP contribution in [-0.4, -0.2) is 45.2 Å². The van der Waals surface area contributed by atoms with Crippen molar-refractivity contribution < 1.29 is 8.42 Å². The first kappa shape index (κ1) is 15.0. The molecule has 0 amide bonds. The smallest absolute Gasteiger partial charge is 0.209 e. The number of nitrogens with zero attached hydrogens (tertiary/aromatic N) is 1. The van der Waals surface area contributed by atoms with E-state index in [1.54, 1.807) is 0 Å². The van der Waals surface area contributed by atoms with E-state index in [2.05, 4.69) is 34.8 Å². The van der Waals surface area contributed by atoms with Crippen molar-refractivity contribution in [2.45, 2.75) is 13.0 Å². The van der Waals surface area contributed by atoms with Gasteiger partial charge in [0.2, 0.25) is 10.0 Å². The Bertz CT molecular complexity index is 690. The molecule has 0 unspecified atom stereocenters. The fourth-order valence-electron chi connectivity index (χ4n) is 2.10. The van der Waals surface area contributed by atoms with Gasteiger partial charge in [0, 0.05) is 30.2 Å². The third kappa shape index (κ3) is 4.06. The summed E-state index contributed by atoms with van der Waals surface area (Å²) in [5.74, 6) is 0. The molecule has 0 bridgehead atoms. The first-order valence-electron chi connectivity index (χ1n) is 6.53. The molecule has 2 aromatic rings. The minimum Gasteiger partial charge on any atom is -0.361 e. The average molecular weight is 295 g/mol. The van der Waals surface area contributed by atoms with Crippen molar-refractivity contribution in [3.63, 3.8) is 0 Å². The van der Waals surface area contributed by atoms with E-state index in [4.69, 9.17) is 0 Å². The summed E-state index contributed by atoms with van der Waals surface area (Å²) in [6.45, 7) is 1.31. The largest absolute Gasteiger partial charge is 0.361 e. The van der Waals surface area contributed by atoms with Crippen molar-refractivity contribution in [1.82, 2.24) is 14.6 Å². The van der Waals surface area contributed by atoms with Crippen LogP contribution in [0, 0.1) is 0 Å². The number of sulfonamides is 1. The quantitative estimate of drug-likeness (QED) is 0.845. The minimum absolute atomic E-state index is 0.326. The van der Waals surface area contributed by atoms with E-state index in [0.29, 0.717) is 6.54 Å². The molecular weight excluding hydrogens is 274 g/mol. The summed E-state index contributed by atoms with van der Waals surface area (Å²) in [4.78, 5) is 5.40. The topological polar surface area (TPSA) is 65.2 Å². The van der Waals surface area contributed by atoms with Crippen LogP contribution in [-0.2, 0) is 23.0 Å². The molecular formula is C14H21N3O2S. The molecule has 2 N–H and O–H groups in total. The second kappa shape index (κ2) is 5.95.